The molecule has 0 radical (unpaired) electrons. The lowest BCUT2D eigenvalue weighted by molar-refractivity contribution is 0.484. The molecule has 0 aliphatic rings. The van der Waals surface area contributed by atoms with Gasteiger partial charge in [-0.25, -0.2) is 0 Å². The molecule has 1 aromatic rings. The smallest absolute Gasteiger partial charge is 0.0446 e. The second kappa shape index (κ2) is 5.50. The highest BCUT2D eigenvalue weighted by Gasteiger charge is 2.11. The first kappa shape index (κ1) is 12.5. The number of rotatable bonds is 4. The van der Waals surface area contributed by atoms with Crippen LogP contribution in [0.5, 0.6) is 0 Å². The molecular formula is C12H19ClN2. The molecule has 1 aromatic carbocycles. The quantitative estimate of drug-likeness (QED) is 0.829. The van der Waals surface area contributed by atoms with Gasteiger partial charge in [0.1, 0.15) is 0 Å². The Morgan fingerprint density at radius 2 is 2.07 bits per heavy atom. The molecule has 0 aromatic heterocycles. The van der Waals surface area contributed by atoms with Crippen molar-refractivity contribution in [2.24, 2.45) is 5.73 Å². The van der Waals surface area contributed by atoms with E-state index >= 15 is 0 Å². The second-order valence-electron chi connectivity index (χ2n) is 4.12. The van der Waals surface area contributed by atoms with Crippen molar-refractivity contribution in [3.8, 4) is 0 Å². The average Bonchev–Trinajstić information content (AvgIpc) is 2.18. The fraction of sp³-hybridized carbons (Fsp3) is 0.500. The van der Waals surface area contributed by atoms with E-state index in [9.17, 15) is 0 Å². The Kier molecular flexibility index (Phi) is 4.58. The summed E-state index contributed by atoms with van der Waals surface area (Å²) in [6, 6.07) is 6.70. The van der Waals surface area contributed by atoms with E-state index in [0.29, 0.717) is 12.6 Å². The molecule has 0 saturated carbocycles. The summed E-state index contributed by atoms with van der Waals surface area (Å²) in [5.74, 6) is 0. The van der Waals surface area contributed by atoms with Gasteiger partial charge in [0.15, 0.2) is 0 Å². The third-order valence-corrected chi connectivity index (χ3v) is 2.78. The molecule has 84 valence electrons. The lowest BCUT2D eigenvalue weighted by Gasteiger charge is -2.20. The Balaban J connectivity index is 2.87. The SMILES string of the molecule is Cc1ccc(C(CN)NC(C)C)cc1Cl. The van der Waals surface area contributed by atoms with E-state index in [1.54, 1.807) is 0 Å². The summed E-state index contributed by atoms with van der Waals surface area (Å²) in [7, 11) is 0. The third-order valence-electron chi connectivity index (χ3n) is 2.37. The highest BCUT2D eigenvalue weighted by Crippen LogP contribution is 2.21. The van der Waals surface area contributed by atoms with Crippen LogP contribution in [0.4, 0.5) is 0 Å². The van der Waals surface area contributed by atoms with Crippen molar-refractivity contribution in [3.63, 3.8) is 0 Å². The van der Waals surface area contributed by atoms with Gasteiger partial charge < -0.3 is 11.1 Å². The number of nitrogens with one attached hydrogen (secondary N) is 1. The highest BCUT2D eigenvalue weighted by molar-refractivity contribution is 6.31. The minimum atomic E-state index is 0.183. The first-order valence-electron chi connectivity index (χ1n) is 5.26. The van der Waals surface area contributed by atoms with E-state index in [4.69, 9.17) is 17.3 Å². The van der Waals surface area contributed by atoms with Gasteiger partial charge in [0.2, 0.25) is 0 Å². The Morgan fingerprint density at radius 1 is 1.40 bits per heavy atom. The maximum absolute atomic E-state index is 6.08. The summed E-state index contributed by atoms with van der Waals surface area (Å²) >= 11 is 6.08. The topological polar surface area (TPSA) is 38.0 Å². The third kappa shape index (κ3) is 3.49. The van der Waals surface area contributed by atoms with Crippen molar-refractivity contribution in [1.29, 1.82) is 0 Å². The molecule has 1 atom stereocenters. The van der Waals surface area contributed by atoms with Crippen molar-refractivity contribution in [1.82, 2.24) is 5.32 Å². The standard InChI is InChI=1S/C12H19ClN2/c1-8(2)15-12(7-14)10-5-4-9(3)11(13)6-10/h4-6,8,12,15H,7,14H2,1-3H3. The van der Waals surface area contributed by atoms with E-state index in [2.05, 4.69) is 25.2 Å². The Labute approximate surface area is 96.8 Å². The van der Waals surface area contributed by atoms with Crippen molar-refractivity contribution in [2.75, 3.05) is 6.54 Å². The van der Waals surface area contributed by atoms with Crippen LogP contribution in [0, 0.1) is 6.92 Å². The van der Waals surface area contributed by atoms with E-state index < -0.39 is 0 Å². The van der Waals surface area contributed by atoms with E-state index in [1.165, 1.54) is 0 Å². The Hall–Kier alpha value is -0.570. The minimum Gasteiger partial charge on any atom is -0.329 e. The van der Waals surface area contributed by atoms with Gasteiger partial charge in [-0.05, 0) is 24.1 Å². The molecule has 0 spiro atoms. The number of benzene rings is 1. The molecule has 15 heavy (non-hydrogen) atoms. The summed E-state index contributed by atoms with van der Waals surface area (Å²) in [5, 5.41) is 4.21. The number of hydrogen-bond donors (Lipinski definition) is 2. The van der Waals surface area contributed by atoms with E-state index in [-0.39, 0.29) is 6.04 Å². The molecule has 0 aliphatic carbocycles. The normalized spacial score (nSPS) is 13.2. The lowest BCUT2D eigenvalue weighted by Crippen LogP contribution is -2.33. The fourth-order valence-corrected chi connectivity index (χ4v) is 1.72. The van der Waals surface area contributed by atoms with Gasteiger partial charge in [-0.2, -0.15) is 0 Å². The first-order chi connectivity index (χ1) is 7.04. The number of nitrogens with two attached hydrogens (primary N) is 1. The zero-order chi connectivity index (χ0) is 11.4. The average molecular weight is 227 g/mol. The van der Waals surface area contributed by atoms with Crippen molar-refractivity contribution < 1.29 is 0 Å². The van der Waals surface area contributed by atoms with Crippen molar-refractivity contribution in [3.05, 3.63) is 34.3 Å². The van der Waals surface area contributed by atoms with Gasteiger partial charge in [0, 0.05) is 23.7 Å². The highest BCUT2D eigenvalue weighted by atomic mass is 35.5. The van der Waals surface area contributed by atoms with Crippen molar-refractivity contribution >= 4 is 11.6 Å². The van der Waals surface area contributed by atoms with Gasteiger partial charge in [-0.3, -0.25) is 0 Å². The molecule has 3 heteroatoms. The number of halogens is 1. The molecule has 1 rings (SSSR count). The molecule has 3 N–H and O–H groups in total. The Morgan fingerprint density at radius 3 is 2.53 bits per heavy atom. The maximum atomic E-state index is 6.08. The number of aryl methyl sites for hydroxylation is 1. The zero-order valence-corrected chi connectivity index (χ0v) is 10.3. The van der Waals surface area contributed by atoms with Crippen LogP contribution in [-0.2, 0) is 0 Å². The van der Waals surface area contributed by atoms with Crippen molar-refractivity contribution in [2.45, 2.75) is 32.9 Å². The van der Waals surface area contributed by atoms with Crippen LogP contribution >= 0.6 is 11.6 Å². The first-order valence-corrected chi connectivity index (χ1v) is 5.64. The molecule has 0 saturated heterocycles. The second-order valence-corrected chi connectivity index (χ2v) is 4.53. The maximum Gasteiger partial charge on any atom is 0.0446 e. The van der Waals surface area contributed by atoms with Gasteiger partial charge in [0.25, 0.3) is 0 Å². The van der Waals surface area contributed by atoms with Crippen LogP contribution < -0.4 is 11.1 Å². The summed E-state index contributed by atoms with van der Waals surface area (Å²) < 4.78 is 0. The summed E-state index contributed by atoms with van der Waals surface area (Å²) in [6.07, 6.45) is 0. The molecule has 0 heterocycles. The van der Waals surface area contributed by atoms with Crippen LogP contribution in [0.3, 0.4) is 0 Å². The molecular weight excluding hydrogens is 208 g/mol. The Bertz CT molecular complexity index is 323. The van der Waals surface area contributed by atoms with E-state index in [0.717, 1.165) is 16.1 Å². The van der Waals surface area contributed by atoms with Crippen LogP contribution in [0.15, 0.2) is 18.2 Å². The van der Waals surface area contributed by atoms with Crippen LogP contribution in [0.1, 0.15) is 31.0 Å². The predicted octanol–water partition coefficient (Wildman–Crippen LogP) is 2.65. The van der Waals surface area contributed by atoms with Crippen LogP contribution in [0.2, 0.25) is 5.02 Å². The molecule has 2 nitrogen and oxygen atoms in total. The minimum absolute atomic E-state index is 0.183. The molecule has 1 unspecified atom stereocenters. The fourth-order valence-electron chi connectivity index (χ4n) is 1.53. The zero-order valence-electron chi connectivity index (χ0n) is 9.55. The molecule has 0 fully saturated rings. The van der Waals surface area contributed by atoms with Gasteiger partial charge in [-0.1, -0.05) is 37.6 Å². The molecule has 0 amide bonds. The molecule has 0 aliphatic heterocycles. The number of hydrogen-bond acceptors (Lipinski definition) is 2. The summed E-state index contributed by atoms with van der Waals surface area (Å²) in [6.45, 7) is 6.80. The molecule has 0 bridgehead atoms. The van der Waals surface area contributed by atoms with Crippen LogP contribution in [0.25, 0.3) is 0 Å². The summed E-state index contributed by atoms with van der Waals surface area (Å²) in [5.41, 5.74) is 7.99. The van der Waals surface area contributed by atoms with E-state index in [1.807, 2.05) is 19.1 Å². The van der Waals surface area contributed by atoms with Crippen LogP contribution in [-0.4, -0.2) is 12.6 Å². The summed E-state index contributed by atoms with van der Waals surface area (Å²) in [4.78, 5) is 0. The predicted molar refractivity (Wildman–Crippen MR) is 66.3 cm³/mol. The largest absolute Gasteiger partial charge is 0.329 e. The monoisotopic (exact) mass is 226 g/mol. The van der Waals surface area contributed by atoms with Gasteiger partial charge in [0.05, 0.1) is 0 Å². The lowest BCUT2D eigenvalue weighted by atomic mass is 10.0. The van der Waals surface area contributed by atoms with Gasteiger partial charge >= 0.3 is 0 Å². The van der Waals surface area contributed by atoms with Gasteiger partial charge in [-0.15, -0.1) is 0 Å².